The second kappa shape index (κ2) is 7.69. The standard InChI is InChI=1S/C16H15N3O4/c1-23-14(20)10-18-15(21)11-4-6-13(7-5-11)19-16(22)12-3-2-8-17-9-12/h2-9H,10H2,1H3,(H,18,21)(H,19,22). The fourth-order valence-corrected chi connectivity index (χ4v) is 1.73. The minimum absolute atomic E-state index is 0.200. The lowest BCUT2D eigenvalue weighted by molar-refractivity contribution is -0.139. The average molecular weight is 313 g/mol. The molecule has 2 N–H and O–H groups in total. The van der Waals surface area contributed by atoms with E-state index in [1.54, 1.807) is 42.6 Å². The van der Waals surface area contributed by atoms with E-state index in [0.29, 0.717) is 16.8 Å². The number of esters is 1. The Kier molecular flexibility index (Phi) is 5.40. The number of aromatic nitrogens is 1. The number of carbonyl (C=O) groups is 3. The Labute approximate surface area is 132 Å². The van der Waals surface area contributed by atoms with Gasteiger partial charge in [0, 0.05) is 23.6 Å². The zero-order valence-corrected chi connectivity index (χ0v) is 12.4. The van der Waals surface area contributed by atoms with Crippen LogP contribution in [0.2, 0.25) is 0 Å². The molecule has 0 saturated carbocycles. The van der Waals surface area contributed by atoms with Gasteiger partial charge in [0.05, 0.1) is 12.7 Å². The van der Waals surface area contributed by atoms with Crippen LogP contribution in [-0.2, 0) is 9.53 Å². The molecule has 7 heteroatoms. The summed E-state index contributed by atoms with van der Waals surface area (Å²) in [6.07, 6.45) is 3.04. The molecule has 7 nitrogen and oxygen atoms in total. The van der Waals surface area contributed by atoms with E-state index >= 15 is 0 Å². The van der Waals surface area contributed by atoms with E-state index < -0.39 is 11.9 Å². The van der Waals surface area contributed by atoms with Crippen molar-refractivity contribution in [2.75, 3.05) is 19.0 Å². The van der Waals surface area contributed by atoms with Crippen molar-refractivity contribution in [3.63, 3.8) is 0 Å². The number of hydrogen-bond acceptors (Lipinski definition) is 5. The Morgan fingerprint density at radius 3 is 2.39 bits per heavy atom. The summed E-state index contributed by atoms with van der Waals surface area (Å²) < 4.78 is 4.44. The molecule has 0 aliphatic rings. The Bertz CT molecular complexity index is 699. The van der Waals surface area contributed by atoms with Crippen molar-refractivity contribution in [1.82, 2.24) is 10.3 Å². The lowest BCUT2D eigenvalue weighted by atomic mass is 10.2. The molecule has 0 atom stereocenters. The number of hydrogen-bond donors (Lipinski definition) is 2. The summed E-state index contributed by atoms with van der Waals surface area (Å²) in [5.41, 5.74) is 1.35. The summed E-state index contributed by atoms with van der Waals surface area (Å²) >= 11 is 0. The van der Waals surface area contributed by atoms with Crippen LogP contribution in [-0.4, -0.2) is 36.4 Å². The molecule has 0 aliphatic carbocycles. The van der Waals surface area contributed by atoms with Crippen LogP contribution in [0.5, 0.6) is 0 Å². The van der Waals surface area contributed by atoms with E-state index in [4.69, 9.17) is 0 Å². The molecule has 1 heterocycles. The minimum atomic E-state index is -0.529. The molecule has 0 saturated heterocycles. The predicted molar refractivity (Wildman–Crippen MR) is 83.0 cm³/mol. The molecule has 2 aromatic rings. The molecule has 0 unspecified atom stereocenters. The van der Waals surface area contributed by atoms with Gasteiger partial charge in [0.1, 0.15) is 6.54 Å². The molecular formula is C16H15N3O4. The Morgan fingerprint density at radius 1 is 1.04 bits per heavy atom. The molecule has 118 valence electrons. The van der Waals surface area contributed by atoms with Gasteiger partial charge in [0.25, 0.3) is 11.8 Å². The van der Waals surface area contributed by atoms with E-state index in [1.165, 1.54) is 13.3 Å². The highest BCUT2D eigenvalue weighted by Crippen LogP contribution is 2.11. The molecule has 0 aliphatic heterocycles. The van der Waals surface area contributed by atoms with Crippen molar-refractivity contribution < 1.29 is 19.1 Å². The molecular weight excluding hydrogens is 298 g/mol. The molecule has 0 spiro atoms. The number of ether oxygens (including phenoxy) is 1. The highest BCUT2D eigenvalue weighted by molar-refractivity contribution is 6.04. The Balaban J connectivity index is 1.95. The smallest absolute Gasteiger partial charge is 0.325 e. The summed E-state index contributed by atoms with van der Waals surface area (Å²) in [4.78, 5) is 38.6. The lowest BCUT2D eigenvalue weighted by Crippen LogP contribution is -2.30. The number of rotatable bonds is 5. The van der Waals surface area contributed by atoms with Gasteiger partial charge in [0.2, 0.25) is 0 Å². The molecule has 23 heavy (non-hydrogen) atoms. The fourth-order valence-electron chi connectivity index (χ4n) is 1.73. The first kappa shape index (κ1) is 16.2. The van der Waals surface area contributed by atoms with E-state index in [-0.39, 0.29) is 12.5 Å². The summed E-state index contributed by atoms with van der Waals surface area (Å²) in [6.45, 7) is -0.200. The van der Waals surface area contributed by atoms with Crippen molar-refractivity contribution in [1.29, 1.82) is 0 Å². The van der Waals surface area contributed by atoms with Crippen molar-refractivity contribution >= 4 is 23.5 Å². The molecule has 2 amide bonds. The van der Waals surface area contributed by atoms with Crippen LogP contribution < -0.4 is 10.6 Å². The quantitative estimate of drug-likeness (QED) is 0.809. The second-order valence-corrected chi connectivity index (χ2v) is 4.53. The molecule has 2 rings (SSSR count). The number of nitrogens with one attached hydrogen (secondary N) is 2. The van der Waals surface area contributed by atoms with Gasteiger partial charge in [-0.25, -0.2) is 0 Å². The third kappa shape index (κ3) is 4.63. The van der Waals surface area contributed by atoms with Gasteiger partial charge in [-0.1, -0.05) is 0 Å². The van der Waals surface area contributed by atoms with Gasteiger partial charge < -0.3 is 15.4 Å². The molecule has 0 bridgehead atoms. The van der Waals surface area contributed by atoms with Crippen LogP contribution in [0.25, 0.3) is 0 Å². The van der Waals surface area contributed by atoms with Gasteiger partial charge in [-0.2, -0.15) is 0 Å². The summed E-state index contributed by atoms with van der Waals surface area (Å²) in [5.74, 6) is -1.22. The normalized spacial score (nSPS) is 9.78. The monoisotopic (exact) mass is 313 g/mol. The van der Waals surface area contributed by atoms with Gasteiger partial charge in [-0.15, -0.1) is 0 Å². The Hall–Kier alpha value is -3.22. The number of amides is 2. The summed E-state index contributed by atoms with van der Waals surface area (Å²) in [5, 5.41) is 5.13. The maximum Gasteiger partial charge on any atom is 0.325 e. The van der Waals surface area contributed by atoms with Crippen LogP contribution in [0, 0.1) is 0 Å². The molecule has 0 radical (unpaired) electrons. The van der Waals surface area contributed by atoms with Crippen molar-refractivity contribution in [3.8, 4) is 0 Å². The fraction of sp³-hybridized carbons (Fsp3) is 0.125. The van der Waals surface area contributed by atoms with Gasteiger partial charge in [-0.3, -0.25) is 19.4 Å². The number of nitrogens with zero attached hydrogens (tertiary/aromatic N) is 1. The number of anilines is 1. The van der Waals surface area contributed by atoms with Crippen LogP contribution in [0.3, 0.4) is 0 Å². The topological polar surface area (TPSA) is 97.4 Å². The van der Waals surface area contributed by atoms with Crippen molar-refractivity contribution in [3.05, 3.63) is 59.9 Å². The molecule has 0 fully saturated rings. The van der Waals surface area contributed by atoms with E-state index in [0.717, 1.165) is 0 Å². The highest BCUT2D eigenvalue weighted by Gasteiger charge is 2.09. The molecule has 1 aromatic heterocycles. The third-order valence-corrected chi connectivity index (χ3v) is 2.95. The largest absolute Gasteiger partial charge is 0.468 e. The minimum Gasteiger partial charge on any atom is -0.468 e. The average Bonchev–Trinajstić information content (AvgIpc) is 2.60. The first-order valence-electron chi connectivity index (χ1n) is 6.76. The first-order valence-corrected chi connectivity index (χ1v) is 6.76. The SMILES string of the molecule is COC(=O)CNC(=O)c1ccc(NC(=O)c2cccnc2)cc1. The van der Waals surface area contributed by atoms with E-state index in [2.05, 4.69) is 20.4 Å². The van der Waals surface area contributed by atoms with Crippen LogP contribution in [0.15, 0.2) is 48.8 Å². The summed E-state index contributed by atoms with van der Waals surface area (Å²) in [6, 6.07) is 9.61. The highest BCUT2D eigenvalue weighted by atomic mass is 16.5. The van der Waals surface area contributed by atoms with Crippen molar-refractivity contribution in [2.24, 2.45) is 0 Å². The first-order chi connectivity index (χ1) is 11.1. The Morgan fingerprint density at radius 2 is 1.78 bits per heavy atom. The maximum absolute atomic E-state index is 12.0. The molecule has 1 aromatic carbocycles. The van der Waals surface area contributed by atoms with Crippen LogP contribution in [0.4, 0.5) is 5.69 Å². The lowest BCUT2D eigenvalue weighted by Gasteiger charge is -2.07. The zero-order chi connectivity index (χ0) is 16.7. The number of methoxy groups -OCH3 is 1. The number of benzene rings is 1. The number of pyridine rings is 1. The number of carbonyl (C=O) groups excluding carboxylic acids is 3. The maximum atomic E-state index is 12.0. The zero-order valence-electron chi connectivity index (χ0n) is 12.4. The van der Waals surface area contributed by atoms with E-state index in [9.17, 15) is 14.4 Å². The van der Waals surface area contributed by atoms with Gasteiger partial charge in [-0.05, 0) is 36.4 Å². The predicted octanol–water partition coefficient (Wildman–Crippen LogP) is 1.24. The van der Waals surface area contributed by atoms with Crippen LogP contribution in [0.1, 0.15) is 20.7 Å². The second-order valence-electron chi connectivity index (χ2n) is 4.53. The van der Waals surface area contributed by atoms with Gasteiger partial charge >= 0.3 is 5.97 Å². The summed E-state index contributed by atoms with van der Waals surface area (Å²) in [7, 11) is 1.24. The van der Waals surface area contributed by atoms with Crippen LogP contribution >= 0.6 is 0 Å². The third-order valence-electron chi connectivity index (χ3n) is 2.95. The van der Waals surface area contributed by atoms with E-state index in [1.807, 2.05) is 0 Å². The van der Waals surface area contributed by atoms with Crippen molar-refractivity contribution in [2.45, 2.75) is 0 Å². The van der Waals surface area contributed by atoms with Gasteiger partial charge in [0.15, 0.2) is 0 Å².